The van der Waals surface area contributed by atoms with Crippen molar-refractivity contribution < 1.29 is 4.42 Å². The first-order chi connectivity index (χ1) is 15.6. The number of hydrogen-bond acceptors (Lipinski definition) is 4. The van der Waals surface area contributed by atoms with Crippen LogP contribution >= 0.6 is 23.4 Å². The predicted molar refractivity (Wildman–Crippen MR) is 127 cm³/mol. The molecule has 1 unspecified atom stereocenters. The van der Waals surface area contributed by atoms with Gasteiger partial charge >= 0.3 is 5.69 Å². The Labute approximate surface area is 192 Å². The van der Waals surface area contributed by atoms with E-state index in [1.807, 2.05) is 48.5 Å². The van der Waals surface area contributed by atoms with E-state index in [1.165, 1.54) is 0 Å². The number of nitrogens with one attached hydrogen (secondary N) is 1. The molecule has 0 aliphatic carbocycles. The molecule has 157 valence electrons. The van der Waals surface area contributed by atoms with Crippen LogP contribution in [0.25, 0.3) is 16.6 Å². The Hall–Kier alpha value is -3.48. The van der Waals surface area contributed by atoms with E-state index < -0.39 is 11.2 Å². The van der Waals surface area contributed by atoms with Crippen LogP contribution in [0, 0.1) is 6.07 Å². The van der Waals surface area contributed by atoms with E-state index in [9.17, 15) is 9.59 Å². The summed E-state index contributed by atoms with van der Waals surface area (Å²) in [6.07, 6.45) is 1.63. The SMILES string of the molecule is O=c1[nH]c2ccc(C(Sc3ccc(Cl)cc3)c3ccco3)cc2c(=O)n1-c1[c]cccc1. The number of thioether (sulfide) groups is 1. The van der Waals surface area contributed by atoms with Gasteiger partial charge < -0.3 is 9.40 Å². The topological polar surface area (TPSA) is 68.0 Å². The van der Waals surface area contributed by atoms with Crippen LogP contribution in [0.5, 0.6) is 0 Å². The fourth-order valence-electron chi connectivity index (χ4n) is 3.52. The number of aromatic nitrogens is 2. The molecule has 0 spiro atoms. The standard InChI is InChI=1S/C25H16ClN2O3S/c26-17-9-11-19(12-10-17)32-23(22-7-4-14-31-22)16-8-13-21-20(15-16)24(29)28(25(30)27-21)18-5-2-1-3-6-18/h1-5,7-15,23H,(H,27,30). The van der Waals surface area contributed by atoms with Gasteiger partial charge in [0.05, 0.1) is 28.1 Å². The van der Waals surface area contributed by atoms with E-state index in [1.54, 1.807) is 48.4 Å². The molecule has 2 heterocycles. The van der Waals surface area contributed by atoms with Gasteiger partial charge in [-0.05, 0) is 60.2 Å². The van der Waals surface area contributed by atoms with Crippen molar-refractivity contribution in [2.75, 3.05) is 0 Å². The third kappa shape index (κ3) is 3.90. The van der Waals surface area contributed by atoms with Crippen molar-refractivity contribution in [2.45, 2.75) is 10.1 Å². The molecule has 3 aromatic carbocycles. The van der Waals surface area contributed by atoms with Crippen molar-refractivity contribution in [1.82, 2.24) is 9.55 Å². The van der Waals surface area contributed by atoms with E-state index >= 15 is 0 Å². The summed E-state index contributed by atoms with van der Waals surface area (Å²) in [5.41, 5.74) is 0.841. The predicted octanol–water partition coefficient (Wildman–Crippen LogP) is 5.61. The molecule has 5 aromatic rings. The van der Waals surface area contributed by atoms with Crippen LogP contribution in [0.3, 0.4) is 0 Å². The molecule has 1 N–H and O–H groups in total. The van der Waals surface area contributed by atoms with E-state index in [4.69, 9.17) is 16.0 Å². The molecular weight excluding hydrogens is 444 g/mol. The summed E-state index contributed by atoms with van der Waals surface area (Å²) in [5, 5.41) is 0.878. The fraction of sp³-hybridized carbons (Fsp3) is 0.0400. The second kappa shape index (κ2) is 8.57. The summed E-state index contributed by atoms with van der Waals surface area (Å²) in [7, 11) is 0. The lowest BCUT2D eigenvalue weighted by atomic mass is 10.1. The third-order valence-electron chi connectivity index (χ3n) is 5.03. The average molecular weight is 460 g/mol. The van der Waals surface area contributed by atoms with Crippen LogP contribution in [0.2, 0.25) is 5.02 Å². The lowest BCUT2D eigenvalue weighted by Gasteiger charge is -2.16. The largest absolute Gasteiger partial charge is 0.468 e. The molecule has 0 amide bonds. The molecule has 0 saturated heterocycles. The van der Waals surface area contributed by atoms with Gasteiger partial charge in [0, 0.05) is 16.0 Å². The second-order valence-corrected chi connectivity index (χ2v) is 8.71. The number of hydrogen-bond donors (Lipinski definition) is 1. The molecule has 5 nitrogen and oxygen atoms in total. The van der Waals surface area contributed by atoms with E-state index in [2.05, 4.69) is 11.1 Å². The minimum Gasteiger partial charge on any atom is -0.468 e. The molecule has 7 heteroatoms. The van der Waals surface area contributed by atoms with Gasteiger partial charge in [0.2, 0.25) is 0 Å². The maximum Gasteiger partial charge on any atom is 0.333 e. The van der Waals surface area contributed by atoms with Crippen molar-refractivity contribution in [1.29, 1.82) is 0 Å². The molecule has 32 heavy (non-hydrogen) atoms. The first-order valence-electron chi connectivity index (χ1n) is 9.82. The molecule has 0 fully saturated rings. The molecular formula is C25H16ClN2O3S. The maximum atomic E-state index is 13.3. The van der Waals surface area contributed by atoms with Gasteiger partial charge in [-0.3, -0.25) is 4.79 Å². The van der Waals surface area contributed by atoms with Crippen molar-refractivity contribution >= 4 is 34.3 Å². The number of halogens is 1. The fourth-order valence-corrected chi connectivity index (χ4v) is 4.74. The normalized spacial score (nSPS) is 12.2. The first-order valence-corrected chi connectivity index (χ1v) is 11.1. The van der Waals surface area contributed by atoms with E-state index in [0.29, 0.717) is 21.6 Å². The van der Waals surface area contributed by atoms with Crippen molar-refractivity contribution in [3.05, 3.63) is 128 Å². The highest BCUT2D eigenvalue weighted by atomic mass is 35.5. The van der Waals surface area contributed by atoms with Gasteiger partial charge in [-0.1, -0.05) is 35.9 Å². The van der Waals surface area contributed by atoms with Crippen molar-refractivity contribution in [3.8, 4) is 5.69 Å². The lowest BCUT2D eigenvalue weighted by Crippen LogP contribution is -2.33. The van der Waals surface area contributed by atoms with E-state index in [-0.39, 0.29) is 5.25 Å². The van der Waals surface area contributed by atoms with Crippen LogP contribution in [-0.4, -0.2) is 9.55 Å². The molecule has 0 bridgehead atoms. The van der Waals surface area contributed by atoms with E-state index in [0.717, 1.165) is 20.8 Å². The molecule has 0 saturated carbocycles. The molecule has 1 atom stereocenters. The molecule has 2 aromatic heterocycles. The summed E-state index contributed by atoms with van der Waals surface area (Å²) in [5.74, 6) is 0.755. The van der Waals surface area contributed by atoms with Gasteiger partial charge in [0.1, 0.15) is 5.76 Å². The smallest absolute Gasteiger partial charge is 0.333 e. The molecule has 0 aliphatic heterocycles. The molecule has 5 rings (SSSR count). The van der Waals surface area contributed by atoms with Crippen LogP contribution in [0.1, 0.15) is 16.6 Å². The Balaban J connectivity index is 1.65. The molecule has 0 aliphatic rings. The molecule has 1 radical (unpaired) electrons. The minimum absolute atomic E-state index is 0.196. The number of H-pyrrole nitrogens is 1. The number of nitrogens with zero attached hydrogens (tertiary/aromatic N) is 1. The van der Waals surface area contributed by atoms with Crippen LogP contribution in [0.15, 0.2) is 104 Å². The Bertz CT molecular complexity index is 1490. The van der Waals surface area contributed by atoms with Crippen LogP contribution in [0.4, 0.5) is 0 Å². The summed E-state index contributed by atoms with van der Waals surface area (Å²) in [6, 6.07) is 26.6. The number of fused-ring (bicyclic) bond motifs is 1. The zero-order valence-corrected chi connectivity index (χ0v) is 18.2. The van der Waals surface area contributed by atoms with Gasteiger partial charge in [-0.2, -0.15) is 0 Å². The maximum absolute atomic E-state index is 13.3. The number of rotatable bonds is 5. The van der Waals surface area contributed by atoms with Crippen LogP contribution in [-0.2, 0) is 0 Å². The lowest BCUT2D eigenvalue weighted by molar-refractivity contribution is 0.518. The quantitative estimate of drug-likeness (QED) is 0.347. The van der Waals surface area contributed by atoms with Gasteiger partial charge in [0.15, 0.2) is 0 Å². The monoisotopic (exact) mass is 459 g/mol. The summed E-state index contributed by atoms with van der Waals surface area (Å²) < 4.78 is 6.80. The van der Waals surface area contributed by atoms with Gasteiger partial charge in [0.25, 0.3) is 5.56 Å². The first kappa shape index (κ1) is 20.4. The second-order valence-electron chi connectivity index (χ2n) is 7.09. The number of para-hydroxylation sites is 1. The highest BCUT2D eigenvalue weighted by Crippen LogP contribution is 2.41. The summed E-state index contributed by atoms with van der Waals surface area (Å²) in [6.45, 7) is 0. The minimum atomic E-state index is -0.504. The Kier molecular flexibility index (Phi) is 5.47. The van der Waals surface area contributed by atoms with Crippen molar-refractivity contribution in [3.63, 3.8) is 0 Å². The Morgan fingerprint density at radius 1 is 1.00 bits per heavy atom. The zero-order chi connectivity index (χ0) is 22.1. The summed E-state index contributed by atoms with van der Waals surface area (Å²) >= 11 is 7.62. The van der Waals surface area contributed by atoms with Crippen LogP contribution < -0.4 is 11.2 Å². The average Bonchev–Trinajstić information content (AvgIpc) is 3.34. The third-order valence-corrected chi connectivity index (χ3v) is 6.56. The van der Waals surface area contributed by atoms with Gasteiger partial charge in [-0.15, -0.1) is 11.8 Å². The van der Waals surface area contributed by atoms with Crippen molar-refractivity contribution in [2.24, 2.45) is 0 Å². The number of furan rings is 1. The number of benzene rings is 3. The van der Waals surface area contributed by atoms with Gasteiger partial charge in [-0.25, -0.2) is 9.36 Å². The highest BCUT2D eigenvalue weighted by Gasteiger charge is 2.20. The zero-order valence-electron chi connectivity index (χ0n) is 16.6. The Morgan fingerprint density at radius 3 is 2.56 bits per heavy atom. The number of aromatic amines is 1. The Morgan fingerprint density at radius 2 is 1.84 bits per heavy atom. The summed E-state index contributed by atoms with van der Waals surface area (Å²) in [4.78, 5) is 29.7. The highest BCUT2D eigenvalue weighted by molar-refractivity contribution is 7.99.